The Hall–Kier alpha value is -2.64. The Kier molecular flexibility index (Phi) is 4.17. The van der Waals surface area contributed by atoms with E-state index in [0.717, 1.165) is 19.5 Å². The number of hydrogen-bond acceptors (Lipinski definition) is 3. The summed E-state index contributed by atoms with van der Waals surface area (Å²) in [4.78, 5) is 12.6. The number of benzene rings is 2. The highest BCUT2D eigenvalue weighted by atomic mass is 16.6. The monoisotopic (exact) mass is 292 g/mol. The summed E-state index contributed by atoms with van der Waals surface area (Å²) in [5.41, 5.74) is 3.56. The van der Waals surface area contributed by atoms with Crippen LogP contribution in [0.1, 0.15) is 16.7 Å². The van der Waals surface area contributed by atoms with E-state index in [1.54, 1.807) is 12.1 Å². The van der Waals surface area contributed by atoms with Crippen LogP contribution >= 0.6 is 0 Å². The molecule has 0 aromatic heterocycles. The smallest absolute Gasteiger partial charge is 0.270 e. The van der Waals surface area contributed by atoms with Crippen molar-refractivity contribution in [1.29, 1.82) is 0 Å². The average molecular weight is 292 g/mol. The molecule has 0 N–H and O–H groups in total. The van der Waals surface area contributed by atoms with Gasteiger partial charge in [0.15, 0.2) is 0 Å². The van der Waals surface area contributed by atoms with Crippen LogP contribution in [0.4, 0.5) is 5.69 Å². The maximum absolute atomic E-state index is 10.7. The van der Waals surface area contributed by atoms with E-state index in [2.05, 4.69) is 41.0 Å². The Bertz CT molecular complexity index is 759. The highest BCUT2D eigenvalue weighted by molar-refractivity contribution is 5.43. The maximum Gasteiger partial charge on any atom is 0.270 e. The van der Waals surface area contributed by atoms with Crippen LogP contribution in [0, 0.1) is 22.0 Å². The molecule has 0 saturated heterocycles. The average Bonchev–Trinajstić information content (AvgIpc) is 2.55. The molecule has 0 radical (unpaired) electrons. The van der Waals surface area contributed by atoms with Crippen molar-refractivity contribution in [1.82, 2.24) is 4.90 Å². The molecule has 4 heteroatoms. The van der Waals surface area contributed by atoms with E-state index in [1.165, 1.54) is 23.3 Å². The minimum Gasteiger partial charge on any atom is -0.288 e. The molecule has 0 fully saturated rings. The van der Waals surface area contributed by atoms with Gasteiger partial charge < -0.3 is 0 Å². The molecule has 0 unspecified atom stereocenters. The van der Waals surface area contributed by atoms with Gasteiger partial charge in [-0.2, -0.15) is 0 Å². The van der Waals surface area contributed by atoms with Crippen LogP contribution in [-0.2, 0) is 13.0 Å². The second kappa shape index (κ2) is 6.42. The molecule has 3 rings (SSSR count). The van der Waals surface area contributed by atoms with Gasteiger partial charge in [-0.15, -0.1) is 0 Å². The van der Waals surface area contributed by atoms with E-state index in [0.29, 0.717) is 12.1 Å². The molecule has 1 aliphatic rings. The van der Waals surface area contributed by atoms with Crippen LogP contribution in [0.3, 0.4) is 0 Å². The summed E-state index contributed by atoms with van der Waals surface area (Å²) >= 11 is 0. The Morgan fingerprint density at radius 3 is 2.77 bits per heavy atom. The first kappa shape index (κ1) is 14.3. The van der Waals surface area contributed by atoms with Crippen molar-refractivity contribution in [3.63, 3.8) is 0 Å². The first-order valence-corrected chi connectivity index (χ1v) is 7.25. The fourth-order valence-electron chi connectivity index (χ4n) is 2.64. The lowest BCUT2D eigenvalue weighted by Crippen LogP contribution is -2.30. The summed E-state index contributed by atoms with van der Waals surface area (Å²) in [6, 6.07) is 14.9. The van der Waals surface area contributed by atoms with Gasteiger partial charge in [-0.05, 0) is 23.6 Å². The molecule has 4 nitrogen and oxygen atoms in total. The normalized spacial score (nSPS) is 13.8. The number of non-ortho nitro benzene ring substituents is 1. The Balaban J connectivity index is 1.65. The molecule has 2 aromatic rings. The molecule has 0 atom stereocenters. The van der Waals surface area contributed by atoms with Crippen molar-refractivity contribution in [3.8, 4) is 11.8 Å². The van der Waals surface area contributed by atoms with Crippen molar-refractivity contribution in [2.24, 2.45) is 0 Å². The molecule has 0 aliphatic carbocycles. The summed E-state index contributed by atoms with van der Waals surface area (Å²) in [6.07, 6.45) is 1.05. The minimum atomic E-state index is -0.396. The van der Waals surface area contributed by atoms with Crippen LogP contribution in [-0.4, -0.2) is 22.9 Å². The fraction of sp³-hybridized carbons (Fsp3) is 0.222. The van der Waals surface area contributed by atoms with E-state index in [-0.39, 0.29) is 5.69 Å². The predicted molar refractivity (Wildman–Crippen MR) is 85.4 cm³/mol. The van der Waals surface area contributed by atoms with Gasteiger partial charge in [0.1, 0.15) is 0 Å². The lowest BCUT2D eigenvalue weighted by molar-refractivity contribution is -0.384. The summed E-state index contributed by atoms with van der Waals surface area (Å²) in [5.74, 6) is 6.14. The van der Waals surface area contributed by atoms with Gasteiger partial charge in [0.25, 0.3) is 5.69 Å². The first-order valence-electron chi connectivity index (χ1n) is 7.25. The third-order valence-corrected chi connectivity index (χ3v) is 3.80. The standard InChI is InChI=1S/C18H16N2O2/c21-20(22)18-9-3-5-15(13-18)6-4-11-19-12-10-16-7-1-2-8-17(16)14-19/h1-3,5,7-9,13H,10-12,14H2. The van der Waals surface area contributed by atoms with E-state index >= 15 is 0 Å². The molecule has 110 valence electrons. The number of nitro benzene ring substituents is 1. The van der Waals surface area contributed by atoms with Crippen LogP contribution < -0.4 is 0 Å². The Labute approximate surface area is 129 Å². The second-order valence-corrected chi connectivity index (χ2v) is 5.34. The van der Waals surface area contributed by atoms with Crippen LogP contribution in [0.15, 0.2) is 48.5 Å². The quantitative estimate of drug-likeness (QED) is 0.485. The van der Waals surface area contributed by atoms with Crippen molar-refractivity contribution < 1.29 is 4.92 Å². The van der Waals surface area contributed by atoms with E-state index in [1.807, 2.05) is 0 Å². The largest absolute Gasteiger partial charge is 0.288 e. The summed E-state index contributed by atoms with van der Waals surface area (Å²) < 4.78 is 0. The fourth-order valence-corrected chi connectivity index (χ4v) is 2.64. The number of fused-ring (bicyclic) bond motifs is 1. The lowest BCUT2D eigenvalue weighted by atomic mass is 10.00. The molecule has 1 aliphatic heterocycles. The minimum absolute atomic E-state index is 0.0821. The molecular formula is C18H16N2O2. The first-order chi connectivity index (χ1) is 10.7. The van der Waals surface area contributed by atoms with Crippen molar-refractivity contribution in [2.75, 3.05) is 13.1 Å². The highest BCUT2D eigenvalue weighted by Crippen LogP contribution is 2.18. The van der Waals surface area contributed by atoms with Gasteiger partial charge >= 0.3 is 0 Å². The molecule has 0 amide bonds. The van der Waals surface area contributed by atoms with Gasteiger partial charge in [0.05, 0.1) is 11.5 Å². The molecule has 0 bridgehead atoms. The Morgan fingerprint density at radius 1 is 1.14 bits per heavy atom. The van der Waals surface area contributed by atoms with E-state index in [4.69, 9.17) is 0 Å². The molecular weight excluding hydrogens is 276 g/mol. The van der Waals surface area contributed by atoms with Gasteiger partial charge in [0.2, 0.25) is 0 Å². The maximum atomic E-state index is 10.7. The summed E-state index contributed by atoms with van der Waals surface area (Å²) in [6.45, 7) is 2.59. The van der Waals surface area contributed by atoms with Crippen molar-refractivity contribution in [3.05, 3.63) is 75.3 Å². The van der Waals surface area contributed by atoms with Crippen molar-refractivity contribution in [2.45, 2.75) is 13.0 Å². The van der Waals surface area contributed by atoms with Gasteiger partial charge in [-0.3, -0.25) is 15.0 Å². The number of rotatable bonds is 2. The van der Waals surface area contributed by atoms with Crippen molar-refractivity contribution >= 4 is 5.69 Å². The number of nitrogens with zero attached hydrogens (tertiary/aromatic N) is 2. The van der Waals surface area contributed by atoms with Crippen LogP contribution in [0.5, 0.6) is 0 Å². The molecule has 22 heavy (non-hydrogen) atoms. The zero-order chi connectivity index (χ0) is 15.4. The van der Waals surface area contributed by atoms with Gasteiger partial charge in [-0.25, -0.2) is 0 Å². The number of nitro groups is 1. The second-order valence-electron chi connectivity index (χ2n) is 5.34. The summed E-state index contributed by atoms with van der Waals surface area (Å²) in [5, 5.41) is 10.7. The number of hydrogen-bond donors (Lipinski definition) is 0. The highest BCUT2D eigenvalue weighted by Gasteiger charge is 2.14. The summed E-state index contributed by atoms with van der Waals surface area (Å²) in [7, 11) is 0. The topological polar surface area (TPSA) is 46.4 Å². The molecule has 2 aromatic carbocycles. The van der Waals surface area contributed by atoms with Crippen LogP contribution in [0.2, 0.25) is 0 Å². The zero-order valence-corrected chi connectivity index (χ0v) is 12.2. The molecule has 0 spiro atoms. The predicted octanol–water partition coefficient (Wildman–Crippen LogP) is 3.00. The molecule has 0 saturated carbocycles. The van der Waals surface area contributed by atoms with Gasteiger partial charge in [0, 0.05) is 30.8 Å². The SMILES string of the molecule is O=[N+]([O-])c1cccc(C#CCN2CCc3ccccc3C2)c1. The van der Waals surface area contributed by atoms with Crippen LogP contribution in [0.25, 0.3) is 0 Å². The zero-order valence-electron chi connectivity index (χ0n) is 12.2. The van der Waals surface area contributed by atoms with E-state index in [9.17, 15) is 10.1 Å². The van der Waals surface area contributed by atoms with E-state index < -0.39 is 4.92 Å². The lowest BCUT2D eigenvalue weighted by Gasteiger charge is -2.26. The Morgan fingerprint density at radius 2 is 1.95 bits per heavy atom. The van der Waals surface area contributed by atoms with Gasteiger partial charge in [-0.1, -0.05) is 42.2 Å². The molecule has 1 heterocycles. The third kappa shape index (κ3) is 3.33. The third-order valence-electron chi connectivity index (χ3n) is 3.80.